The number of aromatic nitrogens is 6. The second-order valence-electron chi connectivity index (χ2n) is 6.01. The van der Waals surface area contributed by atoms with Gasteiger partial charge in [0.2, 0.25) is 0 Å². The van der Waals surface area contributed by atoms with Crippen LogP contribution in [-0.4, -0.2) is 63.0 Å². The molecular formula is C15H9AlN6O12. The smallest absolute Gasteiger partial charge is 0.546 e. The van der Waals surface area contributed by atoms with E-state index in [1.807, 2.05) is 15.0 Å². The van der Waals surface area contributed by atoms with E-state index in [9.17, 15) is 43.2 Å². The first-order valence-corrected chi connectivity index (χ1v) is 10.1. The third kappa shape index (κ3) is 6.03. The minimum atomic E-state index is -4.26. The van der Waals surface area contributed by atoms with Crippen molar-refractivity contribution in [3.05, 3.63) is 97.8 Å². The van der Waals surface area contributed by atoms with Gasteiger partial charge in [0.15, 0.2) is 0 Å². The molecule has 0 fully saturated rings. The van der Waals surface area contributed by atoms with Gasteiger partial charge in [0.25, 0.3) is 16.7 Å². The van der Waals surface area contributed by atoms with Gasteiger partial charge in [-0.2, -0.15) is 0 Å². The number of nitrogens with one attached hydrogen (secondary N) is 6. The van der Waals surface area contributed by atoms with Crippen LogP contribution >= 0.6 is 0 Å². The number of hydrogen-bond acceptors (Lipinski definition) is 12. The SMILES string of the molecule is O=C([O][Al]([O]C(=O)c1cc(=O)[nH]c(=O)[nH]1)[O]C(=O)c1cc(=O)[nH]c(=O)[nH]1)c1cc(=O)[nH]c(=O)[nH]1. The Hall–Kier alpha value is -5.02. The molecule has 174 valence electrons. The Morgan fingerprint density at radius 2 is 0.765 bits per heavy atom. The molecule has 3 aromatic rings. The summed E-state index contributed by atoms with van der Waals surface area (Å²) in [6.45, 7) is 0. The van der Waals surface area contributed by atoms with E-state index in [0.717, 1.165) is 0 Å². The second kappa shape index (κ2) is 9.64. The van der Waals surface area contributed by atoms with Crippen molar-refractivity contribution in [2.75, 3.05) is 0 Å². The molecule has 0 aromatic carbocycles. The molecule has 0 saturated heterocycles. The van der Waals surface area contributed by atoms with Crippen LogP contribution in [0.15, 0.2) is 47.0 Å². The highest BCUT2D eigenvalue weighted by Gasteiger charge is 2.50. The maximum absolute atomic E-state index is 12.3. The molecule has 0 aliphatic heterocycles. The molecule has 0 unspecified atom stereocenters. The molecule has 0 aliphatic rings. The van der Waals surface area contributed by atoms with Crippen LogP contribution in [0.4, 0.5) is 0 Å². The lowest BCUT2D eigenvalue weighted by Crippen LogP contribution is -2.38. The lowest BCUT2D eigenvalue weighted by Gasteiger charge is -2.13. The van der Waals surface area contributed by atoms with Crippen molar-refractivity contribution >= 4 is 33.1 Å². The molecular weight excluding hydrogens is 483 g/mol. The van der Waals surface area contributed by atoms with Gasteiger partial charge in [-0.25, -0.2) is 28.8 Å². The molecule has 6 N–H and O–H groups in total. The number of carbonyl (C=O) groups excluding carboxylic acids is 3. The minimum absolute atomic E-state index is 0.612. The van der Waals surface area contributed by atoms with Gasteiger partial charge in [0.05, 0.1) is 0 Å². The van der Waals surface area contributed by atoms with Gasteiger partial charge in [-0.05, 0) is 0 Å². The zero-order valence-corrected chi connectivity index (χ0v) is 17.4. The van der Waals surface area contributed by atoms with Crippen LogP contribution in [0.2, 0.25) is 0 Å². The molecule has 0 aliphatic carbocycles. The third-order valence-electron chi connectivity index (χ3n) is 3.55. The summed E-state index contributed by atoms with van der Waals surface area (Å²) in [7, 11) is 0. The van der Waals surface area contributed by atoms with E-state index in [4.69, 9.17) is 11.4 Å². The molecule has 0 radical (unpaired) electrons. The molecule has 3 rings (SSSR count). The first-order valence-electron chi connectivity index (χ1n) is 8.64. The van der Waals surface area contributed by atoms with Crippen LogP contribution in [0.5, 0.6) is 0 Å². The van der Waals surface area contributed by atoms with Crippen LogP contribution in [0, 0.1) is 0 Å². The maximum Gasteiger partial charge on any atom is 1.20 e. The fourth-order valence-electron chi connectivity index (χ4n) is 2.26. The van der Waals surface area contributed by atoms with E-state index in [0.29, 0.717) is 18.2 Å². The molecule has 3 aromatic heterocycles. The summed E-state index contributed by atoms with van der Waals surface area (Å²) in [6.07, 6.45) is 0. The van der Waals surface area contributed by atoms with Gasteiger partial charge in [-0.15, -0.1) is 0 Å². The largest absolute Gasteiger partial charge is 1.20 e. The molecule has 3 heterocycles. The van der Waals surface area contributed by atoms with Crippen molar-refractivity contribution in [2.24, 2.45) is 0 Å². The van der Waals surface area contributed by atoms with Gasteiger partial charge in [-0.1, -0.05) is 0 Å². The summed E-state index contributed by atoms with van der Waals surface area (Å²) >= 11 is -4.26. The van der Waals surface area contributed by atoms with Crippen LogP contribution in [0.25, 0.3) is 0 Å². The second-order valence-corrected chi connectivity index (χ2v) is 7.29. The van der Waals surface area contributed by atoms with Crippen molar-refractivity contribution < 1.29 is 25.7 Å². The number of H-pyrrole nitrogens is 6. The van der Waals surface area contributed by atoms with Gasteiger partial charge in [0.1, 0.15) is 17.1 Å². The van der Waals surface area contributed by atoms with Gasteiger partial charge in [0, 0.05) is 18.2 Å². The summed E-state index contributed by atoms with van der Waals surface area (Å²) < 4.78 is 14.4. The lowest BCUT2D eigenvalue weighted by atomic mass is 10.4. The van der Waals surface area contributed by atoms with Gasteiger partial charge >= 0.3 is 50.1 Å². The molecule has 19 heteroatoms. The van der Waals surface area contributed by atoms with Gasteiger partial charge < -0.3 is 26.3 Å². The Morgan fingerprint density at radius 3 is 1.00 bits per heavy atom. The van der Waals surface area contributed by atoms with E-state index in [-0.39, 0.29) is 0 Å². The Bertz CT molecular complexity index is 1360. The number of aromatic amines is 6. The summed E-state index contributed by atoms with van der Waals surface area (Å²) in [5.41, 5.74) is -8.40. The zero-order valence-electron chi connectivity index (χ0n) is 16.2. The summed E-state index contributed by atoms with van der Waals surface area (Å²) in [4.78, 5) is 116. The van der Waals surface area contributed by atoms with E-state index in [2.05, 4.69) is 0 Å². The average Bonchev–Trinajstić information content (AvgIpc) is 2.71. The van der Waals surface area contributed by atoms with Crippen LogP contribution in [0.3, 0.4) is 0 Å². The molecule has 0 bridgehead atoms. The van der Waals surface area contributed by atoms with E-state index < -0.39 is 83.9 Å². The number of hydrogen-bond donors (Lipinski definition) is 6. The van der Waals surface area contributed by atoms with Crippen molar-refractivity contribution in [3.8, 4) is 0 Å². The lowest BCUT2D eigenvalue weighted by molar-refractivity contribution is 0.0401. The number of rotatable bonds is 6. The molecule has 0 atom stereocenters. The highest BCUT2D eigenvalue weighted by atomic mass is 27.3. The topological polar surface area (TPSA) is 276 Å². The normalized spacial score (nSPS) is 10.2. The molecule has 0 spiro atoms. The Labute approximate surface area is 187 Å². The monoisotopic (exact) mass is 492 g/mol. The molecule has 0 saturated carbocycles. The summed E-state index contributed by atoms with van der Waals surface area (Å²) in [5.74, 6) is -4.42. The molecule has 34 heavy (non-hydrogen) atoms. The third-order valence-corrected chi connectivity index (χ3v) is 4.77. The zero-order chi connectivity index (χ0) is 25.0. The fourth-order valence-corrected chi connectivity index (χ4v) is 3.31. The van der Waals surface area contributed by atoms with Crippen molar-refractivity contribution in [1.29, 1.82) is 0 Å². The Morgan fingerprint density at radius 1 is 0.500 bits per heavy atom. The molecule has 0 amide bonds. The highest BCUT2D eigenvalue weighted by Crippen LogP contribution is 2.05. The number of carbonyl (C=O) groups is 3. The first kappa shape index (κ1) is 23.6. The summed E-state index contributed by atoms with van der Waals surface area (Å²) in [6, 6.07) is 1.84. The maximum atomic E-state index is 12.3. The average molecular weight is 492 g/mol. The van der Waals surface area contributed by atoms with E-state index in [1.165, 1.54) is 0 Å². The van der Waals surface area contributed by atoms with Gasteiger partial charge in [-0.3, -0.25) is 29.3 Å². The van der Waals surface area contributed by atoms with Crippen LogP contribution in [0.1, 0.15) is 31.5 Å². The standard InChI is InChI=1S/3C5H4N2O4.Al/c3*8-3-1-2(4(9)10)6-5(11)7-3;/h3*1H,(H,9,10)(H2,6,7,8,11);/q;;;+3/p-3. The van der Waals surface area contributed by atoms with Crippen LogP contribution in [-0.2, 0) is 11.4 Å². The van der Waals surface area contributed by atoms with E-state index >= 15 is 0 Å². The van der Waals surface area contributed by atoms with E-state index in [1.54, 1.807) is 15.0 Å². The summed E-state index contributed by atoms with van der Waals surface area (Å²) in [5, 5.41) is 0. The predicted octanol–water partition coefficient (Wildman–Crippen LogP) is -4.33. The fraction of sp³-hybridized carbons (Fsp3) is 0. The first-order chi connectivity index (χ1) is 16.0. The molecule has 18 nitrogen and oxygen atoms in total. The highest BCUT2D eigenvalue weighted by molar-refractivity contribution is 6.45. The Balaban J connectivity index is 1.91. The van der Waals surface area contributed by atoms with Crippen molar-refractivity contribution in [3.63, 3.8) is 0 Å². The van der Waals surface area contributed by atoms with Crippen LogP contribution < -0.4 is 33.7 Å². The van der Waals surface area contributed by atoms with Crippen molar-refractivity contribution in [2.45, 2.75) is 0 Å². The Kier molecular flexibility index (Phi) is 6.70. The quantitative estimate of drug-likeness (QED) is 0.178. The minimum Gasteiger partial charge on any atom is -0.546 e. The van der Waals surface area contributed by atoms with Crippen molar-refractivity contribution in [1.82, 2.24) is 29.9 Å². The predicted molar refractivity (Wildman–Crippen MR) is 105 cm³/mol.